The SMILES string of the molecule is CCN(CC)C(=O)N1CCC(C(=O)Nc2ccc(C)c(F)c2)CC1. The molecule has 1 aliphatic heterocycles. The van der Waals surface area contributed by atoms with E-state index in [-0.39, 0.29) is 23.7 Å². The monoisotopic (exact) mass is 335 g/mol. The number of aryl methyl sites for hydroxylation is 1. The van der Waals surface area contributed by atoms with Gasteiger partial charge in [-0.05, 0) is 51.3 Å². The van der Waals surface area contributed by atoms with Crippen LogP contribution in [0.25, 0.3) is 0 Å². The highest BCUT2D eigenvalue weighted by atomic mass is 19.1. The smallest absolute Gasteiger partial charge is 0.319 e. The summed E-state index contributed by atoms with van der Waals surface area (Å²) in [7, 11) is 0. The van der Waals surface area contributed by atoms with Crippen LogP contribution in [0.3, 0.4) is 0 Å². The van der Waals surface area contributed by atoms with Crippen molar-refractivity contribution in [2.45, 2.75) is 33.6 Å². The Kier molecular flexibility index (Phi) is 6.17. The number of likely N-dealkylation sites (tertiary alicyclic amines) is 1. The minimum absolute atomic E-state index is 0.0412. The first kappa shape index (κ1) is 18.2. The highest BCUT2D eigenvalue weighted by Gasteiger charge is 2.28. The molecule has 0 aromatic heterocycles. The van der Waals surface area contributed by atoms with E-state index in [0.29, 0.717) is 50.3 Å². The average Bonchev–Trinajstić information content (AvgIpc) is 2.59. The summed E-state index contributed by atoms with van der Waals surface area (Å²) in [6.45, 7) is 8.14. The van der Waals surface area contributed by atoms with E-state index in [1.165, 1.54) is 6.07 Å². The van der Waals surface area contributed by atoms with Gasteiger partial charge in [0.25, 0.3) is 0 Å². The largest absolute Gasteiger partial charge is 0.326 e. The Labute approximate surface area is 142 Å². The third-order valence-corrected chi connectivity index (χ3v) is 4.61. The molecule has 0 aliphatic carbocycles. The van der Waals surface area contributed by atoms with E-state index in [4.69, 9.17) is 0 Å². The zero-order valence-corrected chi connectivity index (χ0v) is 14.6. The molecule has 5 nitrogen and oxygen atoms in total. The lowest BCUT2D eigenvalue weighted by Gasteiger charge is -2.34. The van der Waals surface area contributed by atoms with Gasteiger partial charge in [-0.3, -0.25) is 4.79 Å². The number of hydrogen-bond donors (Lipinski definition) is 1. The number of benzene rings is 1. The summed E-state index contributed by atoms with van der Waals surface area (Å²) in [5.74, 6) is -0.573. The molecular weight excluding hydrogens is 309 g/mol. The Balaban J connectivity index is 1.88. The lowest BCUT2D eigenvalue weighted by Crippen LogP contribution is -2.47. The second-order valence-electron chi connectivity index (χ2n) is 6.17. The fourth-order valence-electron chi connectivity index (χ4n) is 2.94. The number of anilines is 1. The van der Waals surface area contributed by atoms with Crippen LogP contribution in [-0.4, -0.2) is 47.9 Å². The predicted molar refractivity (Wildman–Crippen MR) is 92.4 cm³/mol. The number of carbonyl (C=O) groups is 2. The number of nitrogens with one attached hydrogen (secondary N) is 1. The summed E-state index contributed by atoms with van der Waals surface area (Å²) in [4.78, 5) is 28.2. The van der Waals surface area contributed by atoms with Gasteiger partial charge in [0.1, 0.15) is 5.82 Å². The van der Waals surface area contributed by atoms with Crippen molar-refractivity contribution in [2.75, 3.05) is 31.5 Å². The van der Waals surface area contributed by atoms with Crippen LogP contribution in [0.2, 0.25) is 0 Å². The van der Waals surface area contributed by atoms with Crippen LogP contribution >= 0.6 is 0 Å². The number of piperidine rings is 1. The lowest BCUT2D eigenvalue weighted by molar-refractivity contribution is -0.121. The minimum atomic E-state index is -0.326. The van der Waals surface area contributed by atoms with Gasteiger partial charge in [-0.15, -0.1) is 0 Å². The molecule has 2 rings (SSSR count). The molecule has 0 unspecified atom stereocenters. The van der Waals surface area contributed by atoms with E-state index in [1.807, 2.05) is 18.7 Å². The van der Waals surface area contributed by atoms with Crippen LogP contribution in [0.1, 0.15) is 32.3 Å². The molecule has 0 atom stereocenters. The number of amides is 3. The molecule has 1 saturated heterocycles. The molecule has 0 bridgehead atoms. The first-order valence-corrected chi connectivity index (χ1v) is 8.57. The Bertz CT molecular complexity index is 594. The first-order chi connectivity index (χ1) is 11.5. The van der Waals surface area contributed by atoms with Gasteiger partial charge in [-0.25, -0.2) is 9.18 Å². The summed E-state index contributed by atoms with van der Waals surface area (Å²) in [5.41, 5.74) is 1.03. The summed E-state index contributed by atoms with van der Waals surface area (Å²) in [6, 6.07) is 4.73. The molecule has 0 radical (unpaired) electrons. The highest BCUT2D eigenvalue weighted by molar-refractivity contribution is 5.92. The topological polar surface area (TPSA) is 52.7 Å². The molecule has 0 saturated carbocycles. The maximum absolute atomic E-state index is 13.6. The van der Waals surface area contributed by atoms with E-state index < -0.39 is 0 Å². The summed E-state index contributed by atoms with van der Waals surface area (Å²) in [5, 5.41) is 2.78. The van der Waals surface area contributed by atoms with E-state index >= 15 is 0 Å². The van der Waals surface area contributed by atoms with Crippen molar-refractivity contribution < 1.29 is 14.0 Å². The van der Waals surface area contributed by atoms with Gasteiger partial charge < -0.3 is 15.1 Å². The fourth-order valence-corrected chi connectivity index (χ4v) is 2.94. The van der Waals surface area contributed by atoms with Crippen molar-refractivity contribution in [3.63, 3.8) is 0 Å². The summed E-state index contributed by atoms with van der Waals surface area (Å²) in [6.07, 6.45) is 1.26. The summed E-state index contributed by atoms with van der Waals surface area (Å²) >= 11 is 0. The van der Waals surface area contributed by atoms with Gasteiger partial charge in [0.05, 0.1) is 0 Å². The standard InChI is InChI=1S/C18H26FN3O2/c1-4-21(5-2)18(24)22-10-8-14(9-11-22)17(23)20-15-7-6-13(3)16(19)12-15/h6-7,12,14H,4-5,8-11H2,1-3H3,(H,20,23). The maximum atomic E-state index is 13.6. The van der Waals surface area contributed by atoms with Crippen molar-refractivity contribution in [3.8, 4) is 0 Å². The zero-order chi connectivity index (χ0) is 17.7. The lowest BCUT2D eigenvalue weighted by atomic mass is 9.96. The first-order valence-electron chi connectivity index (χ1n) is 8.57. The van der Waals surface area contributed by atoms with Crippen molar-refractivity contribution >= 4 is 17.6 Å². The Morgan fingerprint density at radius 3 is 2.42 bits per heavy atom. The molecule has 0 spiro atoms. The number of rotatable bonds is 4. The maximum Gasteiger partial charge on any atom is 0.319 e. The van der Waals surface area contributed by atoms with Crippen molar-refractivity contribution in [1.29, 1.82) is 0 Å². The van der Waals surface area contributed by atoms with Gasteiger partial charge in [0.15, 0.2) is 0 Å². The second-order valence-corrected chi connectivity index (χ2v) is 6.17. The third-order valence-electron chi connectivity index (χ3n) is 4.61. The number of carbonyl (C=O) groups excluding carboxylic acids is 2. The fraction of sp³-hybridized carbons (Fsp3) is 0.556. The third kappa shape index (κ3) is 4.24. The second kappa shape index (κ2) is 8.13. The van der Waals surface area contributed by atoms with Gasteiger partial charge >= 0.3 is 6.03 Å². The van der Waals surface area contributed by atoms with Crippen molar-refractivity contribution in [3.05, 3.63) is 29.6 Å². The Morgan fingerprint density at radius 1 is 1.25 bits per heavy atom. The van der Waals surface area contributed by atoms with Crippen molar-refractivity contribution in [2.24, 2.45) is 5.92 Å². The summed E-state index contributed by atoms with van der Waals surface area (Å²) < 4.78 is 13.6. The van der Waals surface area contributed by atoms with Crippen LogP contribution in [0, 0.1) is 18.7 Å². The molecule has 1 aliphatic rings. The number of hydrogen-bond acceptors (Lipinski definition) is 2. The van der Waals surface area contributed by atoms with E-state index in [9.17, 15) is 14.0 Å². The van der Waals surface area contributed by atoms with Gasteiger partial charge in [-0.2, -0.15) is 0 Å². The van der Waals surface area contributed by atoms with Gasteiger partial charge in [-0.1, -0.05) is 6.07 Å². The van der Waals surface area contributed by atoms with E-state index in [0.717, 1.165) is 0 Å². The van der Waals surface area contributed by atoms with Crippen LogP contribution in [0.4, 0.5) is 14.9 Å². The molecule has 1 aromatic rings. The number of urea groups is 1. The zero-order valence-electron chi connectivity index (χ0n) is 14.6. The molecule has 132 valence electrons. The van der Waals surface area contributed by atoms with Gasteiger partial charge in [0, 0.05) is 37.8 Å². The molecule has 6 heteroatoms. The Morgan fingerprint density at radius 2 is 1.88 bits per heavy atom. The molecule has 1 fully saturated rings. The molecule has 1 N–H and O–H groups in total. The Hall–Kier alpha value is -2.11. The van der Waals surface area contributed by atoms with Crippen molar-refractivity contribution in [1.82, 2.24) is 9.80 Å². The van der Waals surface area contributed by atoms with Crippen LogP contribution in [-0.2, 0) is 4.79 Å². The number of halogens is 1. The minimum Gasteiger partial charge on any atom is -0.326 e. The molecule has 1 heterocycles. The quantitative estimate of drug-likeness (QED) is 0.918. The highest BCUT2D eigenvalue weighted by Crippen LogP contribution is 2.21. The molecule has 1 aromatic carbocycles. The normalized spacial score (nSPS) is 15.2. The van der Waals surface area contributed by atoms with Crippen LogP contribution in [0.15, 0.2) is 18.2 Å². The van der Waals surface area contributed by atoms with E-state index in [2.05, 4.69) is 5.32 Å². The van der Waals surface area contributed by atoms with Crippen LogP contribution in [0.5, 0.6) is 0 Å². The van der Waals surface area contributed by atoms with Gasteiger partial charge in [0.2, 0.25) is 5.91 Å². The average molecular weight is 335 g/mol. The molecule has 24 heavy (non-hydrogen) atoms. The number of nitrogens with zero attached hydrogens (tertiary/aromatic N) is 2. The van der Waals surface area contributed by atoms with Crippen LogP contribution < -0.4 is 5.32 Å². The molecular formula is C18H26FN3O2. The predicted octanol–water partition coefficient (Wildman–Crippen LogP) is 3.25. The molecule has 3 amide bonds. The van der Waals surface area contributed by atoms with E-state index in [1.54, 1.807) is 24.0 Å².